The van der Waals surface area contributed by atoms with Crippen molar-refractivity contribution >= 4 is 17.4 Å². The molecule has 128 valence electrons. The lowest BCUT2D eigenvalue weighted by Crippen LogP contribution is -2.50. The average Bonchev–Trinajstić information content (AvgIpc) is 3.15. The SMILES string of the molecule is CC[C@@H](NC(=O)N1CCO[C@@H](Cc2ccccc2)C1)c1nccs1. The summed E-state index contributed by atoms with van der Waals surface area (Å²) in [7, 11) is 0. The van der Waals surface area contributed by atoms with E-state index in [0.29, 0.717) is 19.7 Å². The fraction of sp³-hybridized carbons (Fsp3) is 0.444. The van der Waals surface area contributed by atoms with Gasteiger partial charge >= 0.3 is 6.03 Å². The van der Waals surface area contributed by atoms with Gasteiger partial charge in [0.05, 0.1) is 18.8 Å². The van der Waals surface area contributed by atoms with Crippen LogP contribution in [-0.2, 0) is 11.2 Å². The maximum Gasteiger partial charge on any atom is 0.318 e. The van der Waals surface area contributed by atoms with Gasteiger partial charge in [0.15, 0.2) is 0 Å². The number of thiazole rings is 1. The number of hydrogen-bond donors (Lipinski definition) is 1. The predicted molar refractivity (Wildman–Crippen MR) is 95.1 cm³/mol. The van der Waals surface area contributed by atoms with Gasteiger partial charge in [0.2, 0.25) is 0 Å². The number of benzene rings is 1. The van der Waals surface area contributed by atoms with Crippen LogP contribution in [0.4, 0.5) is 4.79 Å². The molecule has 0 bridgehead atoms. The number of aromatic nitrogens is 1. The molecule has 6 heteroatoms. The molecule has 0 unspecified atom stereocenters. The van der Waals surface area contributed by atoms with E-state index in [-0.39, 0.29) is 18.2 Å². The van der Waals surface area contributed by atoms with Gasteiger partial charge < -0.3 is 15.0 Å². The van der Waals surface area contributed by atoms with Gasteiger partial charge in [-0.05, 0) is 12.0 Å². The van der Waals surface area contributed by atoms with Crippen molar-refractivity contribution in [3.63, 3.8) is 0 Å². The van der Waals surface area contributed by atoms with Crippen LogP contribution in [0.3, 0.4) is 0 Å². The molecule has 1 aliphatic rings. The predicted octanol–water partition coefficient (Wildman–Crippen LogP) is 3.25. The summed E-state index contributed by atoms with van der Waals surface area (Å²) in [5.41, 5.74) is 1.24. The van der Waals surface area contributed by atoms with Crippen molar-refractivity contribution < 1.29 is 9.53 Å². The summed E-state index contributed by atoms with van der Waals surface area (Å²) < 4.78 is 5.83. The summed E-state index contributed by atoms with van der Waals surface area (Å²) in [5, 5.41) is 6.00. The van der Waals surface area contributed by atoms with Crippen LogP contribution in [0.2, 0.25) is 0 Å². The first-order valence-corrected chi connectivity index (χ1v) is 9.24. The Kier molecular flexibility index (Phi) is 5.82. The first-order chi connectivity index (χ1) is 11.8. The third-order valence-corrected chi connectivity index (χ3v) is 5.08. The Morgan fingerprint density at radius 1 is 1.46 bits per heavy atom. The molecular formula is C18H23N3O2S. The zero-order valence-electron chi connectivity index (χ0n) is 13.9. The van der Waals surface area contributed by atoms with Crippen molar-refractivity contribution in [2.24, 2.45) is 0 Å². The summed E-state index contributed by atoms with van der Waals surface area (Å²) in [6, 6.07) is 10.2. The smallest absolute Gasteiger partial charge is 0.318 e. The van der Waals surface area contributed by atoms with Gasteiger partial charge in [0.1, 0.15) is 5.01 Å². The van der Waals surface area contributed by atoms with E-state index in [9.17, 15) is 4.79 Å². The summed E-state index contributed by atoms with van der Waals surface area (Å²) in [6.07, 6.45) is 3.48. The van der Waals surface area contributed by atoms with E-state index in [0.717, 1.165) is 17.8 Å². The number of ether oxygens (including phenoxy) is 1. The summed E-state index contributed by atoms with van der Waals surface area (Å²) in [4.78, 5) is 18.8. The van der Waals surface area contributed by atoms with Crippen molar-refractivity contribution in [1.82, 2.24) is 15.2 Å². The minimum atomic E-state index is -0.0292. The molecular weight excluding hydrogens is 322 g/mol. The lowest BCUT2D eigenvalue weighted by Gasteiger charge is -2.34. The van der Waals surface area contributed by atoms with Crippen LogP contribution in [0.15, 0.2) is 41.9 Å². The first kappa shape index (κ1) is 16.9. The largest absolute Gasteiger partial charge is 0.374 e. The van der Waals surface area contributed by atoms with Crippen LogP contribution < -0.4 is 5.32 Å². The second kappa shape index (κ2) is 8.26. The quantitative estimate of drug-likeness (QED) is 0.905. The number of nitrogens with one attached hydrogen (secondary N) is 1. The number of nitrogens with zero attached hydrogens (tertiary/aromatic N) is 2. The van der Waals surface area contributed by atoms with Gasteiger partial charge in [-0.2, -0.15) is 0 Å². The molecule has 5 nitrogen and oxygen atoms in total. The van der Waals surface area contributed by atoms with E-state index in [2.05, 4.69) is 29.4 Å². The number of rotatable bonds is 5. The number of carbonyl (C=O) groups is 1. The van der Waals surface area contributed by atoms with E-state index in [1.807, 2.05) is 28.5 Å². The second-order valence-corrected chi connectivity index (χ2v) is 6.84. The molecule has 0 aliphatic carbocycles. The fourth-order valence-electron chi connectivity index (χ4n) is 2.89. The minimum absolute atomic E-state index is 0.0204. The van der Waals surface area contributed by atoms with Gasteiger partial charge in [-0.3, -0.25) is 0 Å². The third kappa shape index (κ3) is 4.33. The number of morpholine rings is 1. The first-order valence-electron chi connectivity index (χ1n) is 8.36. The Labute approximate surface area is 146 Å². The molecule has 1 saturated heterocycles. The molecule has 2 heterocycles. The maximum atomic E-state index is 12.6. The molecule has 2 atom stereocenters. The summed E-state index contributed by atoms with van der Waals surface area (Å²) in [6.45, 7) is 3.89. The molecule has 1 fully saturated rings. The number of urea groups is 1. The van der Waals surface area contributed by atoms with Crippen LogP contribution >= 0.6 is 11.3 Å². The Hall–Kier alpha value is -1.92. The molecule has 1 aromatic carbocycles. The summed E-state index contributed by atoms with van der Waals surface area (Å²) in [5.74, 6) is 0. The Morgan fingerprint density at radius 2 is 2.29 bits per heavy atom. The minimum Gasteiger partial charge on any atom is -0.374 e. The van der Waals surface area contributed by atoms with Crippen molar-refractivity contribution in [1.29, 1.82) is 0 Å². The van der Waals surface area contributed by atoms with Gasteiger partial charge in [-0.25, -0.2) is 9.78 Å². The fourth-order valence-corrected chi connectivity index (χ4v) is 3.66. The Bertz CT molecular complexity index is 633. The van der Waals surface area contributed by atoms with Crippen molar-refractivity contribution in [2.45, 2.75) is 31.9 Å². The lowest BCUT2D eigenvalue weighted by molar-refractivity contribution is -0.0136. The summed E-state index contributed by atoms with van der Waals surface area (Å²) >= 11 is 1.58. The lowest BCUT2D eigenvalue weighted by atomic mass is 10.1. The van der Waals surface area contributed by atoms with Gasteiger partial charge in [-0.15, -0.1) is 11.3 Å². The highest BCUT2D eigenvalue weighted by Gasteiger charge is 2.26. The second-order valence-electron chi connectivity index (χ2n) is 5.91. The van der Waals surface area contributed by atoms with E-state index in [1.165, 1.54) is 5.56 Å². The van der Waals surface area contributed by atoms with Crippen LogP contribution in [0.1, 0.15) is 30.0 Å². The van der Waals surface area contributed by atoms with E-state index >= 15 is 0 Å². The normalized spacial score (nSPS) is 19.0. The van der Waals surface area contributed by atoms with Crippen LogP contribution in [0.5, 0.6) is 0 Å². The van der Waals surface area contributed by atoms with Gasteiger partial charge in [0, 0.05) is 31.1 Å². The number of amides is 2. The Morgan fingerprint density at radius 3 is 3.00 bits per heavy atom. The zero-order valence-corrected chi connectivity index (χ0v) is 14.7. The molecule has 0 radical (unpaired) electrons. The van der Waals surface area contributed by atoms with E-state index in [4.69, 9.17) is 4.74 Å². The van der Waals surface area contributed by atoms with Gasteiger partial charge in [-0.1, -0.05) is 37.3 Å². The number of hydrogen-bond acceptors (Lipinski definition) is 4. The molecule has 24 heavy (non-hydrogen) atoms. The van der Waals surface area contributed by atoms with Crippen molar-refractivity contribution in [3.8, 4) is 0 Å². The average molecular weight is 345 g/mol. The van der Waals surface area contributed by atoms with Crippen LogP contribution in [0, 0.1) is 0 Å². The third-order valence-electron chi connectivity index (χ3n) is 4.19. The molecule has 3 rings (SSSR count). The molecule has 1 aromatic heterocycles. The highest BCUT2D eigenvalue weighted by molar-refractivity contribution is 7.09. The van der Waals surface area contributed by atoms with Gasteiger partial charge in [0.25, 0.3) is 0 Å². The molecule has 0 spiro atoms. The Balaban J connectivity index is 1.56. The molecule has 1 N–H and O–H groups in total. The highest BCUT2D eigenvalue weighted by Crippen LogP contribution is 2.19. The molecule has 2 amide bonds. The molecule has 0 saturated carbocycles. The van der Waals surface area contributed by atoms with Crippen LogP contribution in [-0.4, -0.2) is 41.7 Å². The zero-order chi connectivity index (χ0) is 16.8. The van der Waals surface area contributed by atoms with Crippen molar-refractivity contribution in [2.75, 3.05) is 19.7 Å². The van der Waals surface area contributed by atoms with Crippen LogP contribution in [0.25, 0.3) is 0 Å². The molecule has 1 aliphatic heterocycles. The molecule has 2 aromatic rings. The standard InChI is InChI=1S/C18H23N3O2S/c1-2-16(17-19-8-11-24-17)20-18(22)21-9-10-23-15(13-21)12-14-6-4-3-5-7-14/h3-8,11,15-16H,2,9-10,12-13H2,1H3,(H,20,22)/t15-,16+/m0/s1. The maximum absolute atomic E-state index is 12.6. The monoisotopic (exact) mass is 345 g/mol. The van der Waals surface area contributed by atoms with E-state index in [1.54, 1.807) is 17.5 Å². The highest BCUT2D eigenvalue weighted by atomic mass is 32.1. The topological polar surface area (TPSA) is 54.5 Å². The van der Waals surface area contributed by atoms with E-state index < -0.39 is 0 Å². The van der Waals surface area contributed by atoms with Crippen molar-refractivity contribution in [3.05, 3.63) is 52.5 Å². The number of carbonyl (C=O) groups excluding carboxylic acids is 1.